The molecular formula is C22H25N3O3. The van der Waals surface area contributed by atoms with E-state index in [0.29, 0.717) is 18.7 Å². The Morgan fingerprint density at radius 1 is 1.21 bits per heavy atom. The van der Waals surface area contributed by atoms with Gasteiger partial charge in [-0.2, -0.15) is 0 Å². The summed E-state index contributed by atoms with van der Waals surface area (Å²) in [6.45, 7) is 2.82. The van der Waals surface area contributed by atoms with E-state index >= 15 is 0 Å². The maximum absolute atomic E-state index is 12.3. The van der Waals surface area contributed by atoms with Crippen LogP contribution in [0.15, 0.2) is 54.9 Å². The van der Waals surface area contributed by atoms with Crippen LogP contribution in [0, 0.1) is 0 Å². The predicted molar refractivity (Wildman–Crippen MR) is 108 cm³/mol. The number of imidazole rings is 1. The van der Waals surface area contributed by atoms with Crippen molar-refractivity contribution in [1.82, 2.24) is 14.9 Å². The number of hydrogen-bond acceptors (Lipinski definition) is 4. The van der Waals surface area contributed by atoms with Crippen molar-refractivity contribution >= 4 is 16.9 Å². The number of para-hydroxylation sites is 2. The lowest BCUT2D eigenvalue weighted by Gasteiger charge is -2.12. The molecule has 146 valence electrons. The van der Waals surface area contributed by atoms with Crippen LogP contribution in [0.2, 0.25) is 0 Å². The summed E-state index contributed by atoms with van der Waals surface area (Å²) in [5, 5.41) is 2.97. The minimum absolute atomic E-state index is 0.0684. The van der Waals surface area contributed by atoms with Crippen LogP contribution in [-0.4, -0.2) is 41.3 Å². The maximum Gasteiger partial charge on any atom is 0.251 e. The Balaban J connectivity index is 1.21. The highest BCUT2D eigenvalue weighted by Gasteiger charge is 2.16. The normalized spacial score (nSPS) is 16.4. The average Bonchev–Trinajstić information content (AvgIpc) is 3.40. The lowest BCUT2D eigenvalue weighted by Crippen LogP contribution is -2.25. The number of nitrogens with zero attached hydrogens (tertiary/aromatic N) is 2. The molecule has 1 saturated heterocycles. The zero-order chi connectivity index (χ0) is 19.2. The molecule has 2 aromatic carbocycles. The molecule has 1 fully saturated rings. The number of fused-ring (bicyclic) bond motifs is 1. The molecule has 1 atom stereocenters. The molecule has 0 aliphatic carbocycles. The van der Waals surface area contributed by atoms with E-state index in [2.05, 4.69) is 20.9 Å². The molecule has 3 aromatic rings. The Hall–Kier alpha value is -2.86. The number of aromatic nitrogens is 2. The van der Waals surface area contributed by atoms with E-state index in [4.69, 9.17) is 9.47 Å². The summed E-state index contributed by atoms with van der Waals surface area (Å²) in [5.74, 6) is 0.695. The van der Waals surface area contributed by atoms with Crippen molar-refractivity contribution in [3.8, 4) is 5.75 Å². The first-order chi connectivity index (χ1) is 13.8. The van der Waals surface area contributed by atoms with Gasteiger partial charge in [0.1, 0.15) is 12.4 Å². The van der Waals surface area contributed by atoms with Crippen LogP contribution in [0.4, 0.5) is 0 Å². The maximum atomic E-state index is 12.3. The molecule has 1 amide bonds. The van der Waals surface area contributed by atoms with Gasteiger partial charge in [0, 0.05) is 25.3 Å². The molecule has 6 heteroatoms. The summed E-state index contributed by atoms with van der Waals surface area (Å²) >= 11 is 0. The van der Waals surface area contributed by atoms with E-state index in [1.807, 2.05) is 36.7 Å². The first-order valence-electron chi connectivity index (χ1n) is 9.82. The number of carbonyl (C=O) groups is 1. The number of ether oxygens (including phenoxy) is 2. The summed E-state index contributed by atoms with van der Waals surface area (Å²) in [4.78, 5) is 16.7. The second-order valence-electron chi connectivity index (χ2n) is 7.01. The van der Waals surface area contributed by atoms with Crippen molar-refractivity contribution in [3.63, 3.8) is 0 Å². The zero-order valence-corrected chi connectivity index (χ0v) is 15.8. The molecule has 0 radical (unpaired) electrons. The number of carbonyl (C=O) groups excluding carboxylic acids is 1. The standard InChI is InChI=1S/C22H25N3O3/c26-22(17-8-10-18(11-9-17)28-15-19-5-3-14-27-19)23-12-4-13-25-16-24-20-6-1-2-7-21(20)25/h1-2,6-11,16,19H,3-5,12-15H2,(H,23,26). The molecule has 1 aromatic heterocycles. The van der Waals surface area contributed by atoms with Crippen LogP contribution in [0.5, 0.6) is 5.75 Å². The highest BCUT2D eigenvalue weighted by atomic mass is 16.5. The lowest BCUT2D eigenvalue weighted by atomic mass is 10.2. The average molecular weight is 379 g/mol. The van der Waals surface area contributed by atoms with Gasteiger partial charge in [0.2, 0.25) is 0 Å². The molecule has 1 aliphatic heterocycles. The Morgan fingerprint density at radius 2 is 2.07 bits per heavy atom. The summed E-state index contributed by atoms with van der Waals surface area (Å²) in [6, 6.07) is 15.3. The Bertz CT molecular complexity index is 914. The molecule has 6 nitrogen and oxygen atoms in total. The number of rotatable bonds is 8. The fourth-order valence-corrected chi connectivity index (χ4v) is 3.41. The van der Waals surface area contributed by atoms with Gasteiger partial charge in [-0.3, -0.25) is 4.79 Å². The van der Waals surface area contributed by atoms with E-state index in [1.165, 1.54) is 0 Å². The molecule has 1 N–H and O–H groups in total. The van der Waals surface area contributed by atoms with Crippen molar-refractivity contribution in [3.05, 3.63) is 60.4 Å². The van der Waals surface area contributed by atoms with Gasteiger partial charge >= 0.3 is 0 Å². The second kappa shape index (κ2) is 8.89. The fraction of sp³-hybridized carbons (Fsp3) is 0.364. The van der Waals surface area contributed by atoms with Crippen LogP contribution in [0.25, 0.3) is 11.0 Å². The Kier molecular flexibility index (Phi) is 5.87. The second-order valence-corrected chi connectivity index (χ2v) is 7.01. The third-order valence-electron chi connectivity index (χ3n) is 4.97. The Morgan fingerprint density at radius 3 is 2.89 bits per heavy atom. The number of nitrogens with one attached hydrogen (secondary N) is 1. The van der Waals surface area contributed by atoms with Crippen LogP contribution in [0.3, 0.4) is 0 Å². The summed E-state index contributed by atoms with van der Waals surface area (Å²) in [5.41, 5.74) is 2.75. The molecule has 4 rings (SSSR count). The van der Waals surface area contributed by atoms with E-state index < -0.39 is 0 Å². The van der Waals surface area contributed by atoms with Gasteiger partial charge in [0.25, 0.3) is 5.91 Å². The quantitative estimate of drug-likeness (QED) is 0.609. The monoisotopic (exact) mass is 379 g/mol. The van der Waals surface area contributed by atoms with Crippen molar-refractivity contribution in [1.29, 1.82) is 0 Å². The SMILES string of the molecule is O=C(NCCCn1cnc2ccccc21)c1ccc(OCC2CCCO2)cc1. The minimum atomic E-state index is -0.0684. The summed E-state index contributed by atoms with van der Waals surface area (Å²) < 4.78 is 13.4. The van der Waals surface area contributed by atoms with E-state index in [1.54, 1.807) is 12.1 Å². The Labute approximate surface area is 164 Å². The van der Waals surface area contributed by atoms with Crippen molar-refractivity contribution in [2.45, 2.75) is 31.9 Å². The molecule has 28 heavy (non-hydrogen) atoms. The van der Waals surface area contributed by atoms with Gasteiger partial charge in [-0.15, -0.1) is 0 Å². The third-order valence-corrected chi connectivity index (χ3v) is 4.97. The van der Waals surface area contributed by atoms with Gasteiger partial charge in [-0.25, -0.2) is 4.98 Å². The van der Waals surface area contributed by atoms with E-state index in [9.17, 15) is 4.79 Å². The smallest absolute Gasteiger partial charge is 0.251 e. The van der Waals surface area contributed by atoms with Crippen molar-refractivity contribution < 1.29 is 14.3 Å². The molecular weight excluding hydrogens is 354 g/mol. The highest BCUT2D eigenvalue weighted by molar-refractivity contribution is 5.94. The van der Waals surface area contributed by atoms with Gasteiger partial charge in [0.15, 0.2) is 0 Å². The van der Waals surface area contributed by atoms with Crippen LogP contribution >= 0.6 is 0 Å². The van der Waals surface area contributed by atoms with Crippen molar-refractivity contribution in [2.75, 3.05) is 19.8 Å². The number of aryl methyl sites for hydroxylation is 1. The van der Waals surface area contributed by atoms with Gasteiger partial charge in [-0.1, -0.05) is 12.1 Å². The first kappa shape index (κ1) is 18.5. The minimum Gasteiger partial charge on any atom is -0.491 e. The largest absolute Gasteiger partial charge is 0.491 e. The number of amides is 1. The fourth-order valence-electron chi connectivity index (χ4n) is 3.41. The number of hydrogen-bond donors (Lipinski definition) is 1. The van der Waals surface area contributed by atoms with Crippen LogP contribution in [-0.2, 0) is 11.3 Å². The molecule has 0 bridgehead atoms. The zero-order valence-electron chi connectivity index (χ0n) is 15.8. The molecule has 2 heterocycles. The lowest BCUT2D eigenvalue weighted by molar-refractivity contribution is 0.0679. The van der Waals surface area contributed by atoms with Gasteiger partial charge < -0.3 is 19.4 Å². The molecule has 0 saturated carbocycles. The summed E-state index contributed by atoms with van der Waals surface area (Å²) in [7, 11) is 0. The van der Waals surface area contributed by atoms with E-state index in [0.717, 1.165) is 49.2 Å². The third kappa shape index (κ3) is 4.51. The van der Waals surface area contributed by atoms with Crippen LogP contribution < -0.4 is 10.1 Å². The molecule has 1 unspecified atom stereocenters. The molecule has 0 spiro atoms. The first-order valence-corrected chi connectivity index (χ1v) is 9.82. The predicted octanol–water partition coefficient (Wildman–Crippen LogP) is 3.41. The summed E-state index contributed by atoms with van der Waals surface area (Å²) in [6.07, 6.45) is 5.03. The van der Waals surface area contributed by atoms with Gasteiger partial charge in [-0.05, 0) is 55.7 Å². The number of benzene rings is 2. The van der Waals surface area contributed by atoms with Gasteiger partial charge in [0.05, 0.1) is 23.5 Å². The highest BCUT2D eigenvalue weighted by Crippen LogP contribution is 2.17. The van der Waals surface area contributed by atoms with Crippen LogP contribution in [0.1, 0.15) is 29.6 Å². The topological polar surface area (TPSA) is 65.4 Å². The van der Waals surface area contributed by atoms with Crippen molar-refractivity contribution in [2.24, 2.45) is 0 Å². The molecule has 1 aliphatic rings. The van der Waals surface area contributed by atoms with E-state index in [-0.39, 0.29) is 12.0 Å².